The van der Waals surface area contributed by atoms with E-state index in [9.17, 15) is 0 Å². The molecular weight excluding hydrogens is 114 g/mol. The first-order valence-corrected chi connectivity index (χ1v) is 3.27. The van der Waals surface area contributed by atoms with E-state index in [-0.39, 0.29) is 0 Å². The highest BCUT2D eigenvalue weighted by Gasteiger charge is 2.04. The largest absolute Gasteiger partial charge is 0.506 e. The van der Waals surface area contributed by atoms with E-state index in [4.69, 9.17) is 5.11 Å². The van der Waals surface area contributed by atoms with E-state index in [1.165, 1.54) is 0 Å². The molecule has 0 unspecified atom stereocenters. The summed E-state index contributed by atoms with van der Waals surface area (Å²) < 4.78 is 0. The van der Waals surface area contributed by atoms with Crippen LogP contribution < -0.4 is 0 Å². The van der Waals surface area contributed by atoms with Crippen LogP contribution in [0.3, 0.4) is 0 Å². The van der Waals surface area contributed by atoms with Crippen molar-refractivity contribution < 1.29 is 5.11 Å². The summed E-state index contributed by atoms with van der Waals surface area (Å²) in [5, 5.41) is 9.10. The van der Waals surface area contributed by atoms with Crippen molar-refractivity contribution in [2.24, 2.45) is 4.99 Å². The number of aliphatic hydroxyl groups excluding tert-OH is 1. The Kier molecular flexibility index (Phi) is 1.88. The van der Waals surface area contributed by atoms with Crippen LogP contribution in [0.25, 0.3) is 0 Å². The van der Waals surface area contributed by atoms with Gasteiger partial charge >= 0.3 is 0 Å². The summed E-state index contributed by atoms with van der Waals surface area (Å²) in [6.07, 6.45) is 3.55. The van der Waals surface area contributed by atoms with E-state index in [0.717, 1.165) is 25.1 Å². The maximum Gasteiger partial charge on any atom is 0.132 e. The van der Waals surface area contributed by atoms with Gasteiger partial charge in [0.2, 0.25) is 0 Å². The minimum atomic E-state index is 0.378. The summed E-state index contributed by atoms with van der Waals surface area (Å²) in [6.45, 7) is 2.83. The second-order valence-corrected chi connectivity index (χ2v) is 2.06. The van der Waals surface area contributed by atoms with Gasteiger partial charge in [-0.1, -0.05) is 6.92 Å². The molecule has 0 spiro atoms. The number of nitrogens with zero attached hydrogens (tertiary/aromatic N) is 1. The second-order valence-electron chi connectivity index (χ2n) is 2.06. The molecule has 0 aromatic rings. The van der Waals surface area contributed by atoms with Crippen LogP contribution in [0.2, 0.25) is 0 Å². The van der Waals surface area contributed by atoms with Crippen molar-refractivity contribution in [3.63, 3.8) is 0 Å². The van der Waals surface area contributed by atoms with Gasteiger partial charge in [0.15, 0.2) is 0 Å². The summed E-state index contributed by atoms with van der Waals surface area (Å²) in [6, 6.07) is 0. The van der Waals surface area contributed by atoms with Gasteiger partial charge in [-0.25, -0.2) is 0 Å². The van der Waals surface area contributed by atoms with Crippen LogP contribution in [-0.2, 0) is 0 Å². The average molecular weight is 125 g/mol. The lowest BCUT2D eigenvalue weighted by Crippen LogP contribution is -2.06. The summed E-state index contributed by atoms with van der Waals surface area (Å²) in [5.74, 6) is 0.378. The third-order valence-corrected chi connectivity index (χ3v) is 1.40. The van der Waals surface area contributed by atoms with E-state index in [2.05, 4.69) is 4.99 Å². The summed E-state index contributed by atoms with van der Waals surface area (Å²) in [5.41, 5.74) is 0.848. The van der Waals surface area contributed by atoms with E-state index in [0.29, 0.717) is 5.76 Å². The standard InChI is InChI=1S/C7H11NO/c1-2-6-7(9)4-3-5-8-6/h4,9H,2-3,5H2,1H3. The molecule has 0 aromatic carbocycles. The highest BCUT2D eigenvalue weighted by molar-refractivity contribution is 5.98. The number of dihydropyridines is 1. The lowest BCUT2D eigenvalue weighted by Gasteiger charge is -2.06. The monoisotopic (exact) mass is 125 g/mol. The van der Waals surface area contributed by atoms with Crippen LogP contribution in [0, 0.1) is 0 Å². The molecule has 1 N–H and O–H groups in total. The predicted octanol–water partition coefficient (Wildman–Crippen LogP) is 1.68. The summed E-state index contributed by atoms with van der Waals surface area (Å²) in [4.78, 5) is 4.13. The molecule has 0 amide bonds. The quantitative estimate of drug-likeness (QED) is 0.568. The van der Waals surface area contributed by atoms with E-state index in [1.807, 2.05) is 13.0 Å². The first kappa shape index (κ1) is 6.33. The number of allylic oxidation sites excluding steroid dienone is 1. The zero-order valence-corrected chi connectivity index (χ0v) is 5.59. The van der Waals surface area contributed by atoms with Crippen molar-refractivity contribution >= 4 is 5.71 Å². The molecule has 0 saturated carbocycles. The molecule has 50 valence electrons. The Bertz CT molecular complexity index is 158. The van der Waals surface area contributed by atoms with Gasteiger partial charge in [0, 0.05) is 6.54 Å². The van der Waals surface area contributed by atoms with E-state index >= 15 is 0 Å². The number of aliphatic hydroxyl groups is 1. The lowest BCUT2D eigenvalue weighted by atomic mass is 10.2. The Balaban J connectivity index is 2.68. The molecule has 1 heterocycles. The van der Waals surface area contributed by atoms with Gasteiger partial charge < -0.3 is 5.11 Å². The van der Waals surface area contributed by atoms with Crippen molar-refractivity contribution in [3.8, 4) is 0 Å². The number of rotatable bonds is 1. The Hall–Kier alpha value is -0.790. The normalized spacial score (nSPS) is 18.8. The van der Waals surface area contributed by atoms with Gasteiger partial charge in [0.25, 0.3) is 0 Å². The van der Waals surface area contributed by atoms with Crippen LogP contribution in [0.4, 0.5) is 0 Å². The molecule has 2 heteroatoms. The smallest absolute Gasteiger partial charge is 0.132 e. The topological polar surface area (TPSA) is 32.6 Å². The SMILES string of the molecule is CCC1=NCCC=C1O. The molecule has 0 aromatic heterocycles. The van der Waals surface area contributed by atoms with Crippen molar-refractivity contribution in [1.82, 2.24) is 0 Å². The number of hydrogen-bond acceptors (Lipinski definition) is 2. The van der Waals surface area contributed by atoms with Gasteiger partial charge in [-0.2, -0.15) is 0 Å². The maximum atomic E-state index is 9.10. The van der Waals surface area contributed by atoms with E-state index < -0.39 is 0 Å². The van der Waals surface area contributed by atoms with Gasteiger partial charge in [-0.05, 0) is 18.9 Å². The zero-order chi connectivity index (χ0) is 6.69. The zero-order valence-electron chi connectivity index (χ0n) is 5.59. The molecule has 0 saturated heterocycles. The molecular formula is C7H11NO. The second kappa shape index (κ2) is 2.67. The Morgan fingerprint density at radius 1 is 1.78 bits per heavy atom. The number of aliphatic imine (C=N–C) groups is 1. The highest BCUT2D eigenvalue weighted by atomic mass is 16.3. The molecule has 1 rings (SSSR count). The molecule has 0 atom stereocenters. The van der Waals surface area contributed by atoms with Gasteiger partial charge in [-0.15, -0.1) is 0 Å². The minimum absolute atomic E-state index is 0.378. The predicted molar refractivity (Wildman–Crippen MR) is 37.9 cm³/mol. The van der Waals surface area contributed by atoms with Crippen LogP contribution in [-0.4, -0.2) is 17.4 Å². The van der Waals surface area contributed by atoms with Gasteiger partial charge in [0.1, 0.15) is 5.76 Å². The van der Waals surface area contributed by atoms with Gasteiger partial charge in [0.05, 0.1) is 5.71 Å². The molecule has 1 aliphatic rings. The average Bonchev–Trinajstić information content (AvgIpc) is 1.89. The molecule has 0 bridgehead atoms. The van der Waals surface area contributed by atoms with Crippen LogP contribution in [0.1, 0.15) is 19.8 Å². The molecule has 0 radical (unpaired) electrons. The molecule has 0 fully saturated rings. The summed E-state index contributed by atoms with van der Waals surface area (Å²) in [7, 11) is 0. The number of hydrogen-bond donors (Lipinski definition) is 1. The van der Waals surface area contributed by atoms with Crippen LogP contribution >= 0.6 is 0 Å². The minimum Gasteiger partial charge on any atom is -0.506 e. The summed E-state index contributed by atoms with van der Waals surface area (Å²) >= 11 is 0. The van der Waals surface area contributed by atoms with Crippen molar-refractivity contribution in [2.45, 2.75) is 19.8 Å². The third kappa shape index (κ3) is 1.31. The molecule has 0 aliphatic carbocycles. The fraction of sp³-hybridized carbons (Fsp3) is 0.571. The highest BCUT2D eigenvalue weighted by Crippen LogP contribution is 2.05. The molecule has 9 heavy (non-hydrogen) atoms. The Labute approximate surface area is 54.9 Å². The van der Waals surface area contributed by atoms with Crippen molar-refractivity contribution in [2.75, 3.05) is 6.54 Å². The third-order valence-electron chi connectivity index (χ3n) is 1.40. The fourth-order valence-electron chi connectivity index (χ4n) is 0.893. The lowest BCUT2D eigenvalue weighted by molar-refractivity contribution is 0.435. The fourth-order valence-corrected chi connectivity index (χ4v) is 0.893. The van der Waals surface area contributed by atoms with E-state index in [1.54, 1.807) is 0 Å². The molecule has 2 nitrogen and oxygen atoms in total. The molecule has 1 aliphatic heterocycles. The maximum absolute atomic E-state index is 9.10. The van der Waals surface area contributed by atoms with Crippen LogP contribution in [0.5, 0.6) is 0 Å². The Morgan fingerprint density at radius 2 is 2.56 bits per heavy atom. The van der Waals surface area contributed by atoms with Gasteiger partial charge in [-0.3, -0.25) is 4.99 Å². The van der Waals surface area contributed by atoms with Crippen LogP contribution in [0.15, 0.2) is 16.8 Å². The Morgan fingerprint density at radius 3 is 3.00 bits per heavy atom. The first-order valence-electron chi connectivity index (χ1n) is 3.27. The van der Waals surface area contributed by atoms with Crippen molar-refractivity contribution in [3.05, 3.63) is 11.8 Å². The van der Waals surface area contributed by atoms with Crippen molar-refractivity contribution in [1.29, 1.82) is 0 Å². The first-order chi connectivity index (χ1) is 4.34.